The Morgan fingerprint density at radius 2 is 2.09 bits per heavy atom. The first-order valence-corrected chi connectivity index (χ1v) is 3.17. The second kappa shape index (κ2) is 5.49. The molecule has 1 aliphatic rings. The number of aliphatic hydroxyl groups is 1. The molecule has 0 atom stereocenters. The van der Waals surface area contributed by atoms with Gasteiger partial charge in [-0.15, -0.1) is 0 Å². The van der Waals surface area contributed by atoms with Gasteiger partial charge in [0.05, 0.1) is 5.76 Å². The third-order valence-electron chi connectivity index (χ3n) is 1.46. The Kier molecular flexibility index (Phi) is 5.42. The van der Waals surface area contributed by atoms with Crippen molar-refractivity contribution < 1.29 is 35.4 Å². The Morgan fingerprint density at radius 3 is 2.55 bits per heavy atom. The minimum absolute atomic E-state index is 0. The zero-order chi connectivity index (χ0) is 7.40. The van der Waals surface area contributed by atoms with Gasteiger partial charge in [0, 0.05) is 26.5 Å². The van der Waals surface area contributed by atoms with Gasteiger partial charge in [0.2, 0.25) is 0 Å². The quantitative estimate of drug-likeness (QED) is 0.596. The van der Waals surface area contributed by atoms with Crippen LogP contribution in [0.4, 0.5) is 0 Å². The SMILES string of the molecule is OOCC1=CC=C(O)CC1.[Ir]. The van der Waals surface area contributed by atoms with Crippen molar-refractivity contribution in [3.63, 3.8) is 0 Å². The smallest absolute Gasteiger partial charge is 0.103 e. The van der Waals surface area contributed by atoms with Crippen LogP contribution in [0, 0.1) is 0 Å². The fourth-order valence-corrected chi connectivity index (χ4v) is 0.873. The predicted molar refractivity (Wildman–Crippen MR) is 36.6 cm³/mol. The van der Waals surface area contributed by atoms with Crippen LogP contribution in [-0.4, -0.2) is 17.0 Å². The molecule has 0 aromatic heterocycles. The van der Waals surface area contributed by atoms with Gasteiger partial charge in [0.1, 0.15) is 6.61 Å². The van der Waals surface area contributed by atoms with Crippen molar-refractivity contribution in [3.8, 4) is 0 Å². The molecule has 0 aliphatic heterocycles. The maximum Gasteiger partial charge on any atom is 0.103 e. The molecule has 1 radical (unpaired) electrons. The minimum atomic E-state index is 0. The average molecular weight is 334 g/mol. The van der Waals surface area contributed by atoms with Crippen LogP contribution in [0.5, 0.6) is 0 Å². The summed E-state index contributed by atoms with van der Waals surface area (Å²) < 4.78 is 0. The Hall–Kier alpha value is -0.151. The van der Waals surface area contributed by atoms with E-state index in [0.717, 1.165) is 12.0 Å². The summed E-state index contributed by atoms with van der Waals surface area (Å²) in [6.07, 6.45) is 4.80. The molecule has 0 saturated heterocycles. The van der Waals surface area contributed by atoms with Crippen LogP contribution in [-0.2, 0) is 25.0 Å². The van der Waals surface area contributed by atoms with E-state index in [1.165, 1.54) is 0 Å². The van der Waals surface area contributed by atoms with E-state index in [9.17, 15) is 0 Å². The summed E-state index contributed by atoms with van der Waals surface area (Å²) in [7, 11) is 0. The molecule has 4 heteroatoms. The maximum atomic E-state index is 8.91. The largest absolute Gasteiger partial charge is 0.512 e. The number of aliphatic hydroxyl groups excluding tert-OH is 1. The van der Waals surface area contributed by atoms with Gasteiger partial charge in [-0.05, 0) is 18.1 Å². The molecular weight excluding hydrogens is 324 g/mol. The molecule has 0 amide bonds. The third-order valence-corrected chi connectivity index (χ3v) is 1.46. The monoisotopic (exact) mass is 335 g/mol. The molecule has 2 N–H and O–H groups in total. The van der Waals surface area contributed by atoms with E-state index in [2.05, 4.69) is 4.89 Å². The molecule has 65 valence electrons. The van der Waals surface area contributed by atoms with Gasteiger partial charge in [-0.1, -0.05) is 6.08 Å². The van der Waals surface area contributed by atoms with Crippen LogP contribution in [0.3, 0.4) is 0 Å². The summed E-state index contributed by atoms with van der Waals surface area (Å²) in [5, 5.41) is 17.0. The molecule has 0 bridgehead atoms. The molecular formula is C7H10IrO3. The predicted octanol–water partition coefficient (Wildman–Crippen LogP) is 1.64. The zero-order valence-corrected chi connectivity index (χ0v) is 8.31. The van der Waals surface area contributed by atoms with E-state index >= 15 is 0 Å². The second-order valence-corrected chi connectivity index (χ2v) is 2.26. The standard InChI is InChI=1S/C7H10O3.Ir/c8-7-3-1-6(2-4-7)5-10-9;/h1,3,8-9H,2,4-5H2;. The van der Waals surface area contributed by atoms with Crippen molar-refractivity contribution in [2.24, 2.45) is 0 Å². The fourth-order valence-electron chi connectivity index (χ4n) is 0.873. The normalized spacial score (nSPS) is 16.5. The van der Waals surface area contributed by atoms with Gasteiger partial charge in [0.25, 0.3) is 0 Å². The number of rotatable bonds is 2. The summed E-state index contributed by atoms with van der Waals surface area (Å²) in [6, 6.07) is 0. The molecule has 0 heterocycles. The maximum absolute atomic E-state index is 8.91. The Balaban J connectivity index is 0.000001000. The third kappa shape index (κ3) is 3.68. The zero-order valence-electron chi connectivity index (χ0n) is 5.91. The summed E-state index contributed by atoms with van der Waals surface area (Å²) in [5.74, 6) is 0.390. The summed E-state index contributed by atoms with van der Waals surface area (Å²) >= 11 is 0. The topological polar surface area (TPSA) is 49.7 Å². The summed E-state index contributed by atoms with van der Waals surface area (Å²) in [5.41, 5.74) is 1.00. The number of hydrogen-bond donors (Lipinski definition) is 2. The molecule has 0 spiro atoms. The fraction of sp³-hybridized carbons (Fsp3) is 0.429. The van der Waals surface area contributed by atoms with E-state index in [-0.39, 0.29) is 26.7 Å². The van der Waals surface area contributed by atoms with Crippen molar-refractivity contribution in [1.82, 2.24) is 0 Å². The molecule has 0 aromatic carbocycles. The van der Waals surface area contributed by atoms with Crippen LogP contribution in [0.15, 0.2) is 23.5 Å². The van der Waals surface area contributed by atoms with E-state index in [0.29, 0.717) is 12.2 Å². The van der Waals surface area contributed by atoms with E-state index < -0.39 is 0 Å². The molecule has 1 aliphatic carbocycles. The molecule has 0 aromatic rings. The summed E-state index contributed by atoms with van der Waals surface area (Å²) in [6.45, 7) is 0.240. The Labute approximate surface area is 78.7 Å². The second-order valence-electron chi connectivity index (χ2n) is 2.26. The van der Waals surface area contributed by atoms with Crippen molar-refractivity contribution in [3.05, 3.63) is 23.5 Å². The van der Waals surface area contributed by atoms with Crippen LogP contribution in [0.1, 0.15) is 12.8 Å². The van der Waals surface area contributed by atoms with Crippen molar-refractivity contribution in [2.45, 2.75) is 12.8 Å². The first-order chi connectivity index (χ1) is 4.83. The van der Waals surface area contributed by atoms with E-state index in [1.807, 2.05) is 0 Å². The van der Waals surface area contributed by atoms with Crippen LogP contribution < -0.4 is 0 Å². The Bertz CT molecular complexity index is 171. The van der Waals surface area contributed by atoms with Crippen molar-refractivity contribution in [2.75, 3.05) is 6.61 Å². The van der Waals surface area contributed by atoms with Gasteiger partial charge >= 0.3 is 0 Å². The van der Waals surface area contributed by atoms with Crippen molar-refractivity contribution in [1.29, 1.82) is 0 Å². The first kappa shape index (κ1) is 10.8. The van der Waals surface area contributed by atoms with Gasteiger partial charge < -0.3 is 5.11 Å². The molecule has 11 heavy (non-hydrogen) atoms. The van der Waals surface area contributed by atoms with Gasteiger partial charge in [-0.2, -0.15) is 0 Å². The number of allylic oxidation sites excluding steroid dienone is 3. The van der Waals surface area contributed by atoms with Crippen LogP contribution in [0.2, 0.25) is 0 Å². The van der Waals surface area contributed by atoms with Gasteiger partial charge in [-0.3, -0.25) is 5.26 Å². The van der Waals surface area contributed by atoms with Crippen molar-refractivity contribution >= 4 is 0 Å². The van der Waals surface area contributed by atoms with E-state index in [4.69, 9.17) is 10.4 Å². The molecule has 0 saturated carbocycles. The average Bonchev–Trinajstić information content (AvgIpc) is 1.95. The molecule has 0 fully saturated rings. The van der Waals surface area contributed by atoms with Crippen LogP contribution >= 0.6 is 0 Å². The molecule has 3 nitrogen and oxygen atoms in total. The van der Waals surface area contributed by atoms with Gasteiger partial charge in [-0.25, -0.2) is 4.89 Å². The summed E-state index contributed by atoms with van der Waals surface area (Å²) in [4.78, 5) is 3.94. The van der Waals surface area contributed by atoms with Crippen LogP contribution in [0.25, 0.3) is 0 Å². The first-order valence-electron chi connectivity index (χ1n) is 3.17. The minimum Gasteiger partial charge on any atom is -0.512 e. The molecule has 1 rings (SSSR count). The Morgan fingerprint density at radius 1 is 1.36 bits per heavy atom. The molecule has 0 unspecified atom stereocenters. The van der Waals surface area contributed by atoms with E-state index in [1.54, 1.807) is 12.2 Å². The van der Waals surface area contributed by atoms with Gasteiger partial charge in [0.15, 0.2) is 0 Å². The number of hydrogen-bond acceptors (Lipinski definition) is 3.